The van der Waals surface area contributed by atoms with Gasteiger partial charge in [-0.05, 0) is 24.0 Å². The van der Waals surface area contributed by atoms with Crippen molar-refractivity contribution in [2.75, 3.05) is 13.2 Å². The van der Waals surface area contributed by atoms with Crippen LogP contribution in [0.1, 0.15) is 52.0 Å². The van der Waals surface area contributed by atoms with Crippen LogP contribution in [0.4, 0.5) is 8.78 Å². The van der Waals surface area contributed by atoms with Crippen molar-refractivity contribution in [2.24, 2.45) is 0 Å². The third-order valence-corrected chi connectivity index (χ3v) is 5.03. The number of aromatic amines is 1. The minimum absolute atomic E-state index is 0.133. The summed E-state index contributed by atoms with van der Waals surface area (Å²) in [6.07, 6.45) is 2.63. The van der Waals surface area contributed by atoms with Gasteiger partial charge in [0.15, 0.2) is 0 Å². The largest absolute Gasteiger partial charge is 0.381 e. The second-order valence-corrected chi connectivity index (χ2v) is 6.63. The summed E-state index contributed by atoms with van der Waals surface area (Å²) in [6.45, 7) is 1.25. The Hall–Kier alpha value is -2.28. The van der Waals surface area contributed by atoms with Crippen molar-refractivity contribution in [1.29, 1.82) is 0 Å². The highest BCUT2D eigenvalue weighted by Crippen LogP contribution is 2.43. The number of halogens is 2. The number of hydrogen-bond acceptors (Lipinski definition) is 3. The summed E-state index contributed by atoms with van der Waals surface area (Å²) in [6, 6.07) is 5.47. The second-order valence-electron chi connectivity index (χ2n) is 6.63. The zero-order valence-electron chi connectivity index (χ0n) is 13.6. The topological polar surface area (TPSA) is 67.0 Å². The molecule has 132 valence electrons. The molecule has 1 aliphatic heterocycles. The molecule has 0 saturated carbocycles. The van der Waals surface area contributed by atoms with Crippen molar-refractivity contribution in [1.82, 2.24) is 15.5 Å². The maximum absolute atomic E-state index is 14.4. The second kappa shape index (κ2) is 6.22. The van der Waals surface area contributed by atoms with Crippen molar-refractivity contribution in [2.45, 2.75) is 37.1 Å². The summed E-state index contributed by atoms with van der Waals surface area (Å²) >= 11 is 0. The highest BCUT2D eigenvalue weighted by molar-refractivity contribution is 5.95. The van der Waals surface area contributed by atoms with E-state index in [1.54, 1.807) is 24.3 Å². The van der Waals surface area contributed by atoms with Crippen LogP contribution in [0.15, 0.2) is 30.5 Å². The predicted molar refractivity (Wildman–Crippen MR) is 86.7 cm³/mol. The van der Waals surface area contributed by atoms with E-state index in [9.17, 15) is 13.6 Å². The molecule has 1 unspecified atom stereocenters. The Morgan fingerprint density at radius 2 is 2.04 bits per heavy atom. The van der Waals surface area contributed by atoms with Gasteiger partial charge in [-0.3, -0.25) is 9.89 Å². The first-order valence-corrected chi connectivity index (χ1v) is 8.44. The molecule has 2 heterocycles. The third kappa shape index (κ3) is 2.93. The number of fused-ring (bicyclic) bond motifs is 1. The summed E-state index contributed by atoms with van der Waals surface area (Å²) < 4.78 is 34.1. The van der Waals surface area contributed by atoms with Crippen LogP contribution < -0.4 is 5.32 Å². The summed E-state index contributed by atoms with van der Waals surface area (Å²) in [7, 11) is 0. The number of amides is 1. The highest BCUT2D eigenvalue weighted by Gasteiger charge is 2.48. The molecule has 5 nitrogen and oxygen atoms in total. The summed E-state index contributed by atoms with van der Waals surface area (Å²) in [4.78, 5) is 12.7. The van der Waals surface area contributed by atoms with Crippen molar-refractivity contribution in [3.05, 3.63) is 52.8 Å². The quantitative estimate of drug-likeness (QED) is 0.897. The van der Waals surface area contributed by atoms with Gasteiger partial charge < -0.3 is 10.1 Å². The van der Waals surface area contributed by atoms with Gasteiger partial charge in [-0.1, -0.05) is 24.3 Å². The Labute approximate surface area is 143 Å². The van der Waals surface area contributed by atoms with E-state index in [2.05, 4.69) is 15.5 Å². The van der Waals surface area contributed by atoms with Crippen LogP contribution in [-0.2, 0) is 11.2 Å². The Morgan fingerprint density at radius 1 is 1.28 bits per heavy atom. The van der Waals surface area contributed by atoms with Crippen molar-refractivity contribution < 1.29 is 18.3 Å². The Bertz CT molecular complexity index is 784. The van der Waals surface area contributed by atoms with Gasteiger partial charge in [0.1, 0.15) is 6.04 Å². The van der Waals surface area contributed by atoms with E-state index in [1.807, 2.05) is 0 Å². The lowest BCUT2D eigenvalue weighted by atomic mass is 9.93. The molecule has 4 rings (SSSR count). The Morgan fingerprint density at radius 3 is 2.84 bits per heavy atom. The fraction of sp³-hybridized carbons (Fsp3) is 0.444. The first-order chi connectivity index (χ1) is 12.1. The molecule has 2 aromatic rings. The number of nitrogens with one attached hydrogen (secondary N) is 2. The first-order valence-electron chi connectivity index (χ1n) is 8.44. The number of carbonyl (C=O) groups excluding carboxylic acids is 1. The average molecular weight is 347 g/mol. The molecule has 1 aliphatic carbocycles. The zero-order chi connectivity index (χ0) is 17.4. The fourth-order valence-corrected chi connectivity index (χ4v) is 3.73. The maximum atomic E-state index is 14.4. The fourth-order valence-electron chi connectivity index (χ4n) is 3.73. The number of hydrogen-bond donors (Lipinski definition) is 2. The molecule has 2 N–H and O–H groups in total. The van der Waals surface area contributed by atoms with Crippen molar-refractivity contribution in [3.8, 4) is 0 Å². The number of rotatable bonds is 3. The van der Waals surface area contributed by atoms with Gasteiger partial charge in [-0.25, -0.2) is 8.78 Å². The molecule has 1 fully saturated rings. The predicted octanol–water partition coefficient (Wildman–Crippen LogP) is 2.97. The van der Waals surface area contributed by atoms with Gasteiger partial charge in [0.25, 0.3) is 11.8 Å². The molecule has 2 aliphatic rings. The smallest absolute Gasteiger partial charge is 0.276 e. The Kier molecular flexibility index (Phi) is 4.03. The monoisotopic (exact) mass is 347 g/mol. The van der Waals surface area contributed by atoms with Crippen LogP contribution in [0.25, 0.3) is 0 Å². The molecule has 0 bridgehead atoms. The van der Waals surface area contributed by atoms with Crippen LogP contribution in [0.2, 0.25) is 0 Å². The molecule has 7 heteroatoms. The number of alkyl halides is 2. The molecular weight excluding hydrogens is 328 g/mol. The average Bonchev–Trinajstić information content (AvgIpc) is 3.19. The molecule has 1 amide bonds. The first kappa shape index (κ1) is 16.2. The number of aromatic nitrogens is 2. The van der Waals surface area contributed by atoms with Gasteiger partial charge in [0.05, 0.1) is 17.5 Å². The van der Waals surface area contributed by atoms with Gasteiger partial charge in [-0.2, -0.15) is 5.10 Å². The van der Waals surface area contributed by atoms with Crippen molar-refractivity contribution >= 4 is 5.91 Å². The number of ether oxygens (including phenoxy) is 1. The summed E-state index contributed by atoms with van der Waals surface area (Å²) in [5.74, 6) is -3.38. The van der Waals surface area contributed by atoms with E-state index in [0.717, 1.165) is 12.8 Å². The molecule has 1 aromatic carbocycles. The summed E-state index contributed by atoms with van der Waals surface area (Å²) in [5, 5.41) is 9.35. The van der Waals surface area contributed by atoms with E-state index < -0.39 is 17.9 Å². The molecule has 25 heavy (non-hydrogen) atoms. The molecule has 1 aromatic heterocycles. The van der Waals surface area contributed by atoms with Gasteiger partial charge in [-0.15, -0.1) is 0 Å². The molecule has 1 saturated heterocycles. The number of nitrogens with zero attached hydrogens (tertiary/aromatic N) is 1. The minimum Gasteiger partial charge on any atom is -0.381 e. The lowest BCUT2D eigenvalue weighted by Crippen LogP contribution is -2.38. The molecule has 1 atom stereocenters. The Balaban J connectivity index is 1.58. The van der Waals surface area contributed by atoms with Crippen LogP contribution in [0.3, 0.4) is 0 Å². The van der Waals surface area contributed by atoms with Crippen LogP contribution >= 0.6 is 0 Å². The van der Waals surface area contributed by atoms with Gasteiger partial charge in [0, 0.05) is 25.6 Å². The number of benzene rings is 1. The molecular formula is C18H19F2N3O2. The van der Waals surface area contributed by atoms with Crippen LogP contribution in [-0.4, -0.2) is 35.2 Å². The lowest BCUT2D eigenvalue weighted by Gasteiger charge is -2.23. The lowest BCUT2D eigenvalue weighted by molar-refractivity contribution is -0.0240. The van der Waals surface area contributed by atoms with E-state index in [4.69, 9.17) is 4.74 Å². The van der Waals surface area contributed by atoms with Crippen LogP contribution in [0, 0.1) is 0 Å². The summed E-state index contributed by atoms with van der Waals surface area (Å²) in [5.41, 5.74) is 2.11. The van der Waals surface area contributed by atoms with Crippen LogP contribution in [0.5, 0.6) is 0 Å². The molecule has 0 spiro atoms. The van der Waals surface area contributed by atoms with E-state index in [1.165, 1.54) is 6.20 Å². The van der Waals surface area contributed by atoms with E-state index >= 15 is 0 Å². The minimum atomic E-state index is -3.00. The van der Waals surface area contributed by atoms with E-state index in [-0.39, 0.29) is 12.3 Å². The normalized spacial score (nSPS) is 22.6. The number of carbonyl (C=O) groups is 1. The van der Waals surface area contributed by atoms with Gasteiger partial charge in [0.2, 0.25) is 0 Å². The standard InChI is InChI=1S/C18H19F2N3O2/c19-18(20)9-12-3-1-2-4-13(12)16(18)22-17(24)14-10-21-23-15(14)11-5-7-25-8-6-11/h1-4,10-11,16H,5-9H2,(H,21,23)(H,22,24). The third-order valence-electron chi connectivity index (χ3n) is 5.03. The number of H-pyrrole nitrogens is 1. The SMILES string of the molecule is O=C(NC1c2ccccc2CC1(F)F)c1cn[nH]c1C1CCOCC1. The highest BCUT2D eigenvalue weighted by atomic mass is 19.3. The van der Waals surface area contributed by atoms with Gasteiger partial charge >= 0.3 is 0 Å². The van der Waals surface area contributed by atoms with Crippen molar-refractivity contribution in [3.63, 3.8) is 0 Å². The maximum Gasteiger partial charge on any atom is 0.276 e. The molecule has 0 radical (unpaired) electrons. The van der Waals surface area contributed by atoms with E-state index in [0.29, 0.717) is 35.6 Å². The zero-order valence-corrected chi connectivity index (χ0v) is 13.6.